The Morgan fingerprint density at radius 1 is 1.03 bits per heavy atom. The summed E-state index contributed by atoms with van der Waals surface area (Å²) in [6.45, 7) is 5.89. The SMILES string of the molecule is CCCCC(CC)C(=O)Nc1ccc(N2CCc3ccccc3C2)c(C(=O)NC2CCCCC2)c1. The van der Waals surface area contributed by atoms with Crippen molar-refractivity contribution in [1.29, 1.82) is 0 Å². The van der Waals surface area contributed by atoms with Crippen LogP contribution < -0.4 is 15.5 Å². The Morgan fingerprint density at radius 2 is 1.80 bits per heavy atom. The van der Waals surface area contributed by atoms with Gasteiger partial charge < -0.3 is 15.5 Å². The second kappa shape index (κ2) is 12.2. The number of benzene rings is 2. The van der Waals surface area contributed by atoms with Gasteiger partial charge in [-0.2, -0.15) is 0 Å². The van der Waals surface area contributed by atoms with Crippen LogP contribution in [0.2, 0.25) is 0 Å². The molecule has 0 bridgehead atoms. The van der Waals surface area contributed by atoms with Gasteiger partial charge in [-0.05, 0) is 61.4 Å². The van der Waals surface area contributed by atoms with Gasteiger partial charge in [0.2, 0.25) is 5.91 Å². The van der Waals surface area contributed by atoms with Gasteiger partial charge in [0.05, 0.1) is 5.56 Å². The van der Waals surface area contributed by atoms with Crippen molar-refractivity contribution in [1.82, 2.24) is 5.32 Å². The molecule has 1 aliphatic heterocycles. The first-order valence-corrected chi connectivity index (χ1v) is 13.7. The summed E-state index contributed by atoms with van der Waals surface area (Å²) in [7, 11) is 0. The van der Waals surface area contributed by atoms with Gasteiger partial charge in [-0.1, -0.05) is 70.2 Å². The molecule has 4 rings (SSSR count). The zero-order valence-electron chi connectivity index (χ0n) is 21.4. The molecule has 0 spiro atoms. The van der Waals surface area contributed by atoms with Crippen LogP contribution >= 0.6 is 0 Å². The van der Waals surface area contributed by atoms with E-state index in [9.17, 15) is 9.59 Å². The molecule has 2 aromatic carbocycles. The van der Waals surface area contributed by atoms with E-state index in [2.05, 4.69) is 53.6 Å². The summed E-state index contributed by atoms with van der Waals surface area (Å²) in [4.78, 5) is 28.8. The zero-order chi connectivity index (χ0) is 24.6. The molecule has 1 fully saturated rings. The summed E-state index contributed by atoms with van der Waals surface area (Å²) in [5, 5.41) is 6.41. The molecule has 0 aromatic heterocycles. The maximum atomic E-state index is 13.5. The minimum atomic E-state index is -0.0279. The molecule has 2 aromatic rings. The highest BCUT2D eigenvalue weighted by Crippen LogP contribution is 2.30. The van der Waals surface area contributed by atoms with Crippen molar-refractivity contribution in [3.63, 3.8) is 0 Å². The highest BCUT2D eigenvalue weighted by atomic mass is 16.2. The lowest BCUT2D eigenvalue weighted by Gasteiger charge is -2.32. The van der Waals surface area contributed by atoms with Crippen LogP contribution in [-0.4, -0.2) is 24.4 Å². The number of nitrogens with zero attached hydrogens (tertiary/aromatic N) is 1. The number of anilines is 2. The minimum absolute atomic E-state index is 0.00716. The first-order valence-electron chi connectivity index (χ1n) is 13.7. The molecule has 1 unspecified atom stereocenters. The summed E-state index contributed by atoms with van der Waals surface area (Å²) in [5.41, 5.74) is 5.02. The van der Waals surface area contributed by atoms with Gasteiger partial charge in [0, 0.05) is 36.4 Å². The largest absolute Gasteiger partial charge is 0.366 e. The minimum Gasteiger partial charge on any atom is -0.366 e. The lowest BCUT2D eigenvalue weighted by Crippen LogP contribution is -2.38. The van der Waals surface area contributed by atoms with E-state index in [1.807, 2.05) is 18.2 Å². The molecular formula is C30H41N3O2. The van der Waals surface area contributed by atoms with E-state index in [1.54, 1.807) is 0 Å². The summed E-state index contributed by atoms with van der Waals surface area (Å²) >= 11 is 0. The van der Waals surface area contributed by atoms with Gasteiger partial charge >= 0.3 is 0 Å². The maximum absolute atomic E-state index is 13.5. The highest BCUT2D eigenvalue weighted by molar-refractivity contribution is 6.02. The Balaban J connectivity index is 1.57. The Morgan fingerprint density at radius 3 is 2.54 bits per heavy atom. The predicted octanol–water partition coefficient (Wildman–Crippen LogP) is 6.47. The van der Waals surface area contributed by atoms with Crippen molar-refractivity contribution < 1.29 is 9.59 Å². The van der Waals surface area contributed by atoms with Crippen LogP contribution in [0.15, 0.2) is 42.5 Å². The third-order valence-corrected chi connectivity index (χ3v) is 7.69. The van der Waals surface area contributed by atoms with Gasteiger partial charge in [0.15, 0.2) is 0 Å². The molecule has 5 nitrogen and oxygen atoms in total. The summed E-state index contributed by atoms with van der Waals surface area (Å²) in [6.07, 6.45) is 10.5. The second-order valence-corrected chi connectivity index (χ2v) is 10.2. The predicted molar refractivity (Wildman–Crippen MR) is 144 cm³/mol. The van der Waals surface area contributed by atoms with Crippen molar-refractivity contribution in [3.8, 4) is 0 Å². The molecule has 1 heterocycles. The molecule has 1 saturated carbocycles. The summed E-state index contributed by atoms with van der Waals surface area (Å²) in [6, 6.07) is 14.7. The number of carbonyl (C=O) groups is 2. The molecule has 188 valence electrons. The zero-order valence-corrected chi connectivity index (χ0v) is 21.4. The quantitative estimate of drug-likeness (QED) is 0.437. The third-order valence-electron chi connectivity index (χ3n) is 7.69. The van der Waals surface area contributed by atoms with E-state index in [-0.39, 0.29) is 23.8 Å². The maximum Gasteiger partial charge on any atom is 0.253 e. The van der Waals surface area contributed by atoms with E-state index >= 15 is 0 Å². The molecule has 35 heavy (non-hydrogen) atoms. The van der Waals surface area contributed by atoms with E-state index in [4.69, 9.17) is 0 Å². The van der Waals surface area contributed by atoms with Gasteiger partial charge in [0.1, 0.15) is 0 Å². The van der Waals surface area contributed by atoms with Gasteiger partial charge in [-0.15, -0.1) is 0 Å². The van der Waals surface area contributed by atoms with Crippen LogP contribution in [0.3, 0.4) is 0 Å². The molecule has 2 N–H and O–H groups in total. The third kappa shape index (κ3) is 6.45. The fourth-order valence-electron chi connectivity index (χ4n) is 5.50. The topological polar surface area (TPSA) is 61.4 Å². The molecule has 2 aliphatic rings. The van der Waals surface area contributed by atoms with E-state index < -0.39 is 0 Å². The van der Waals surface area contributed by atoms with Gasteiger partial charge in [0.25, 0.3) is 5.91 Å². The molecule has 2 amide bonds. The molecule has 5 heteroatoms. The summed E-state index contributed by atoms with van der Waals surface area (Å²) < 4.78 is 0. The smallest absolute Gasteiger partial charge is 0.253 e. The standard InChI is InChI=1S/C30H41N3O2/c1-3-5-11-22(4-2)29(34)32-26-16-17-28(33-19-18-23-12-9-10-13-24(23)21-33)27(20-26)30(35)31-25-14-7-6-8-15-25/h9-10,12-13,16-17,20,22,25H,3-8,11,14-15,18-19,21H2,1-2H3,(H,31,35)(H,32,34). The normalized spacial score (nSPS) is 16.9. The molecule has 1 atom stereocenters. The van der Waals surface area contributed by atoms with Crippen LogP contribution in [0.5, 0.6) is 0 Å². The number of rotatable bonds is 9. The van der Waals surface area contributed by atoms with Crippen molar-refractivity contribution in [3.05, 3.63) is 59.2 Å². The fourth-order valence-corrected chi connectivity index (χ4v) is 5.50. The summed E-state index contributed by atoms with van der Waals surface area (Å²) in [5.74, 6) is 0.0341. The molecular weight excluding hydrogens is 434 g/mol. The second-order valence-electron chi connectivity index (χ2n) is 10.2. The molecule has 0 saturated heterocycles. The Hall–Kier alpha value is -2.82. The molecule has 0 radical (unpaired) electrons. The Bertz CT molecular complexity index is 1010. The van der Waals surface area contributed by atoms with Crippen LogP contribution in [0.4, 0.5) is 11.4 Å². The number of carbonyl (C=O) groups excluding carboxylic acids is 2. The number of amides is 2. The van der Waals surface area contributed by atoms with Gasteiger partial charge in [-0.25, -0.2) is 0 Å². The Labute approximate surface area is 210 Å². The number of unbranched alkanes of at least 4 members (excludes halogenated alkanes) is 1. The highest BCUT2D eigenvalue weighted by Gasteiger charge is 2.24. The van der Waals surface area contributed by atoms with Crippen LogP contribution in [0.25, 0.3) is 0 Å². The monoisotopic (exact) mass is 475 g/mol. The molecule has 1 aliphatic carbocycles. The number of hydrogen-bond donors (Lipinski definition) is 2. The average molecular weight is 476 g/mol. The van der Waals surface area contributed by atoms with Crippen molar-refractivity contribution in [2.45, 2.75) is 90.6 Å². The van der Waals surface area contributed by atoms with Gasteiger partial charge in [-0.3, -0.25) is 9.59 Å². The first kappa shape index (κ1) is 25.3. The van der Waals surface area contributed by atoms with E-state index in [0.29, 0.717) is 11.3 Å². The average Bonchev–Trinajstić information content (AvgIpc) is 2.89. The Kier molecular flexibility index (Phi) is 8.84. The van der Waals surface area contributed by atoms with E-state index in [1.165, 1.54) is 30.4 Å². The van der Waals surface area contributed by atoms with Crippen LogP contribution in [0.1, 0.15) is 93.1 Å². The lowest BCUT2D eigenvalue weighted by molar-refractivity contribution is -0.120. The van der Waals surface area contributed by atoms with Crippen molar-refractivity contribution in [2.75, 3.05) is 16.8 Å². The van der Waals surface area contributed by atoms with Crippen LogP contribution in [-0.2, 0) is 17.8 Å². The number of fused-ring (bicyclic) bond motifs is 1. The number of nitrogens with one attached hydrogen (secondary N) is 2. The van der Waals surface area contributed by atoms with Crippen molar-refractivity contribution in [2.24, 2.45) is 5.92 Å². The fraction of sp³-hybridized carbons (Fsp3) is 0.533. The van der Waals surface area contributed by atoms with Crippen LogP contribution in [0, 0.1) is 5.92 Å². The first-order chi connectivity index (χ1) is 17.1. The lowest BCUT2D eigenvalue weighted by atomic mass is 9.95. The number of hydrogen-bond acceptors (Lipinski definition) is 3. The van der Waals surface area contributed by atoms with Crippen molar-refractivity contribution >= 4 is 23.2 Å². The van der Waals surface area contributed by atoms with E-state index in [0.717, 1.165) is 63.7 Å².